The van der Waals surface area contributed by atoms with Crippen LogP contribution in [0.5, 0.6) is 5.75 Å². The van der Waals surface area contributed by atoms with E-state index in [-0.39, 0.29) is 11.8 Å². The van der Waals surface area contributed by atoms with Gasteiger partial charge in [0.05, 0.1) is 18.0 Å². The predicted molar refractivity (Wildman–Crippen MR) is 101 cm³/mol. The standard InChI is InChI=1S/C20H24FN3O2/c1-2-15-26-19-10-6-4-8-17(19)22-20(25)24-13-11-23(12-14-24)18-9-5-3-7-16(18)21/h3-10H,2,11-15H2,1H3,(H,22,25). The Morgan fingerprint density at radius 2 is 1.77 bits per heavy atom. The van der Waals surface area contributed by atoms with Gasteiger partial charge in [-0.3, -0.25) is 0 Å². The Bertz CT molecular complexity index is 745. The zero-order valence-corrected chi connectivity index (χ0v) is 15.0. The summed E-state index contributed by atoms with van der Waals surface area (Å²) in [6.45, 7) is 4.92. The molecule has 0 unspecified atom stereocenters. The Hall–Kier alpha value is -2.76. The molecule has 5 nitrogen and oxygen atoms in total. The van der Waals surface area contributed by atoms with Crippen LogP contribution in [0.2, 0.25) is 0 Å². The van der Waals surface area contributed by atoms with Gasteiger partial charge in [0.1, 0.15) is 11.6 Å². The fourth-order valence-corrected chi connectivity index (χ4v) is 2.96. The summed E-state index contributed by atoms with van der Waals surface area (Å²) in [6.07, 6.45) is 0.903. The van der Waals surface area contributed by atoms with E-state index >= 15 is 0 Å². The predicted octanol–water partition coefficient (Wildman–Crippen LogP) is 3.97. The Balaban J connectivity index is 1.58. The van der Waals surface area contributed by atoms with E-state index in [9.17, 15) is 9.18 Å². The molecular formula is C20H24FN3O2. The van der Waals surface area contributed by atoms with E-state index in [4.69, 9.17) is 4.74 Å². The van der Waals surface area contributed by atoms with Crippen molar-refractivity contribution in [2.45, 2.75) is 13.3 Å². The molecule has 1 N–H and O–H groups in total. The minimum Gasteiger partial charge on any atom is -0.491 e. The van der Waals surface area contributed by atoms with Crippen LogP contribution in [-0.2, 0) is 0 Å². The lowest BCUT2D eigenvalue weighted by Crippen LogP contribution is -2.50. The van der Waals surface area contributed by atoms with Crippen LogP contribution in [0, 0.1) is 5.82 Å². The molecular weight excluding hydrogens is 333 g/mol. The normalized spacial score (nSPS) is 14.2. The Morgan fingerprint density at radius 3 is 2.50 bits per heavy atom. The molecule has 1 aliphatic heterocycles. The van der Waals surface area contributed by atoms with Crippen molar-refractivity contribution in [3.8, 4) is 5.75 Å². The van der Waals surface area contributed by atoms with Gasteiger partial charge in [0, 0.05) is 26.2 Å². The molecule has 0 spiro atoms. The summed E-state index contributed by atoms with van der Waals surface area (Å²) in [5.74, 6) is 0.445. The first-order valence-electron chi connectivity index (χ1n) is 8.96. The Labute approximate surface area is 153 Å². The minimum absolute atomic E-state index is 0.161. The quantitative estimate of drug-likeness (QED) is 0.881. The van der Waals surface area contributed by atoms with Crippen LogP contribution in [-0.4, -0.2) is 43.7 Å². The van der Waals surface area contributed by atoms with E-state index in [1.807, 2.05) is 42.2 Å². The average Bonchev–Trinajstić information content (AvgIpc) is 2.68. The number of rotatable bonds is 5. The number of amides is 2. The maximum Gasteiger partial charge on any atom is 0.322 e. The van der Waals surface area contributed by atoms with Gasteiger partial charge < -0.3 is 19.9 Å². The molecule has 0 bridgehead atoms. The monoisotopic (exact) mass is 357 g/mol. The number of urea groups is 1. The SMILES string of the molecule is CCCOc1ccccc1NC(=O)N1CCN(c2ccccc2F)CC1. The molecule has 0 aromatic heterocycles. The number of nitrogens with one attached hydrogen (secondary N) is 1. The lowest BCUT2D eigenvalue weighted by Gasteiger charge is -2.36. The van der Waals surface area contributed by atoms with Gasteiger partial charge in [0.25, 0.3) is 0 Å². The topological polar surface area (TPSA) is 44.8 Å². The first-order valence-corrected chi connectivity index (χ1v) is 8.96. The van der Waals surface area contributed by atoms with Crippen LogP contribution >= 0.6 is 0 Å². The van der Waals surface area contributed by atoms with Crippen molar-refractivity contribution < 1.29 is 13.9 Å². The van der Waals surface area contributed by atoms with Crippen molar-refractivity contribution in [2.75, 3.05) is 43.0 Å². The Morgan fingerprint density at radius 1 is 1.08 bits per heavy atom. The van der Waals surface area contributed by atoms with Gasteiger partial charge in [-0.1, -0.05) is 31.2 Å². The first-order chi connectivity index (χ1) is 12.7. The van der Waals surface area contributed by atoms with Crippen LogP contribution in [0.25, 0.3) is 0 Å². The molecule has 1 aliphatic rings. The highest BCUT2D eigenvalue weighted by atomic mass is 19.1. The second-order valence-electron chi connectivity index (χ2n) is 6.20. The lowest BCUT2D eigenvalue weighted by molar-refractivity contribution is 0.208. The number of benzene rings is 2. The van der Waals surface area contributed by atoms with Gasteiger partial charge in [-0.15, -0.1) is 0 Å². The maximum absolute atomic E-state index is 13.9. The van der Waals surface area contributed by atoms with E-state index in [0.717, 1.165) is 6.42 Å². The number of hydrogen-bond donors (Lipinski definition) is 1. The summed E-state index contributed by atoms with van der Waals surface area (Å²) in [7, 11) is 0. The van der Waals surface area contributed by atoms with E-state index < -0.39 is 0 Å². The van der Waals surface area contributed by atoms with Gasteiger partial charge in [-0.25, -0.2) is 9.18 Å². The number of hydrogen-bond acceptors (Lipinski definition) is 3. The van der Waals surface area contributed by atoms with Crippen molar-refractivity contribution >= 4 is 17.4 Å². The maximum atomic E-state index is 13.9. The van der Waals surface area contributed by atoms with E-state index in [1.54, 1.807) is 17.0 Å². The van der Waals surface area contributed by atoms with Gasteiger partial charge >= 0.3 is 6.03 Å². The number of carbonyl (C=O) groups is 1. The summed E-state index contributed by atoms with van der Waals surface area (Å²) >= 11 is 0. The van der Waals surface area contributed by atoms with Gasteiger partial charge in [0.15, 0.2) is 0 Å². The first kappa shape index (κ1) is 18.0. The summed E-state index contributed by atoms with van der Waals surface area (Å²) < 4.78 is 19.6. The van der Waals surface area contributed by atoms with Gasteiger partial charge in [-0.2, -0.15) is 0 Å². The molecule has 6 heteroatoms. The van der Waals surface area contributed by atoms with Crippen molar-refractivity contribution in [1.82, 2.24) is 4.90 Å². The molecule has 0 aliphatic carbocycles. The molecule has 0 atom stereocenters. The molecule has 1 fully saturated rings. The zero-order valence-electron chi connectivity index (χ0n) is 15.0. The molecule has 1 saturated heterocycles. The van der Waals surface area contributed by atoms with Crippen molar-refractivity contribution in [3.05, 3.63) is 54.3 Å². The van der Waals surface area contributed by atoms with E-state index in [0.29, 0.717) is 49.9 Å². The number of ether oxygens (including phenoxy) is 1. The zero-order chi connectivity index (χ0) is 18.4. The van der Waals surface area contributed by atoms with Gasteiger partial charge in [0.2, 0.25) is 0 Å². The molecule has 0 saturated carbocycles. The van der Waals surface area contributed by atoms with Crippen molar-refractivity contribution in [2.24, 2.45) is 0 Å². The summed E-state index contributed by atoms with van der Waals surface area (Å²) in [5, 5.41) is 2.92. The highest BCUT2D eigenvalue weighted by Crippen LogP contribution is 2.25. The summed E-state index contributed by atoms with van der Waals surface area (Å²) in [5.41, 5.74) is 1.26. The molecule has 138 valence electrons. The number of halogens is 1. The fraction of sp³-hybridized carbons (Fsp3) is 0.350. The third-order valence-electron chi connectivity index (χ3n) is 4.35. The molecule has 2 aromatic rings. The second-order valence-corrected chi connectivity index (χ2v) is 6.20. The summed E-state index contributed by atoms with van der Waals surface area (Å²) in [4.78, 5) is 16.3. The molecule has 3 rings (SSSR count). The smallest absolute Gasteiger partial charge is 0.322 e. The average molecular weight is 357 g/mol. The Kier molecular flexibility index (Phi) is 5.94. The fourth-order valence-electron chi connectivity index (χ4n) is 2.96. The van der Waals surface area contributed by atoms with Crippen molar-refractivity contribution in [1.29, 1.82) is 0 Å². The van der Waals surface area contributed by atoms with Crippen LogP contribution in [0.15, 0.2) is 48.5 Å². The highest BCUT2D eigenvalue weighted by molar-refractivity contribution is 5.91. The summed E-state index contributed by atoms with van der Waals surface area (Å²) in [6, 6.07) is 14.0. The largest absolute Gasteiger partial charge is 0.491 e. The van der Waals surface area contributed by atoms with Crippen LogP contribution in [0.3, 0.4) is 0 Å². The third-order valence-corrected chi connectivity index (χ3v) is 4.35. The number of carbonyl (C=O) groups excluding carboxylic acids is 1. The van der Waals surface area contributed by atoms with Gasteiger partial charge in [-0.05, 0) is 30.7 Å². The van der Waals surface area contributed by atoms with E-state index in [2.05, 4.69) is 5.32 Å². The number of anilines is 2. The molecule has 1 heterocycles. The number of nitrogens with zero attached hydrogens (tertiary/aromatic N) is 2. The number of para-hydroxylation sites is 3. The molecule has 2 amide bonds. The van der Waals surface area contributed by atoms with Crippen LogP contribution < -0.4 is 15.0 Å². The lowest BCUT2D eigenvalue weighted by atomic mass is 10.2. The van der Waals surface area contributed by atoms with Crippen LogP contribution in [0.1, 0.15) is 13.3 Å². The van der Waals surface area contributed by atoms with Crippen molar-refractivity contribution in [3.63, 3.8) is 0 Å². The highest BCUT2D eigenvalue weighted by Gasteiger charge is 2.23. The molecule has 26 heavy (non-hydrogen) atoms. The second kappa shape index (κ2) is 8.56. The van der Waals surface area contributed by atoms with Crippen LogP contribution in [0.4, 0.5) is 20.6 Å². The molecule has 0 radical (unpaired) electrons. The van der Waals surface area contributed by atoms with E-state index in [1.165, 1.54) is 6.07 Å². The number of piperazine rings is 1. The minimum atomic E-state index is -0.229. The third kappa shape index (κ3) is 4.25. The molecule has 2 aromatic carbocycles.